The number of terminal acetylenes is 1. The maximum atomic E-state index is 13.0. The van der Waals surface area contributed by atoms with Gasteiger partial charge in [0.15, 0.2) is 0 Å². The smallest absolute Gasteiger partial charge is 0.408 e. The van der Waals surface area contributed by atoms with Gasteiger partial charge in [-0.05, 0) is 44.9 Å². The summed E-state index contributed by atoms with van der Waals surface area (Å²) in [7, 11) is 0. The molecule has 1 aromatic rings. The summed E-state index contributed by atoms with van der Waals surface area (Å²) in [5, 5.41) is 14.5. The number of unbranched alkanes of at least 4 members (excludes halogenated alkanes) is 2. The van der Waals surface area contributed by atoms with Crippen LogP contribution >= 0.6 is 0 Å². The van der Waals surface area contributed by atoms with Crippen molar-refractivity contribution in [2.45, 2.75) is 58.6 Å². The van der Waals surface area contributed by atoms with Crippen LogP contribution in [0.15, 0.2) is 24.3 Å². The highest BCUT2D eigenvalue weighted by Gasteiger charge is 2.31. The van der Waals surface area contributed by atoms with Gasteiger partial charge in [0.25, 0.3) is 0 Å². The molecule has 8 nitrogen and oxygen atoms in total. The predicted octanol–water partition coefficient (Wildman–Crippen LogP) is 2.89. The first-order valence-corrected chi connectivity index (χ1v) is 10.6. The number of nitriles is 1. The van der Waals surface area contributed by atoms with E-state index in [4.69, 9.17) is 11.2 Å². The summed E-state index contributed by atoms with van der Waals surface area (Å²) in [5.41, 5.74) is 0.414. The first-order valence-electron chi connectivity index (χ1n) is 10.6. The Bertz CT molecular complexity index is 860. The minimum absolute atomic E-state index is 0.335. The molecule has 0 aliphatic rings. The summed E-state index contributed by atoms with van der Waals surface area (Å²) in [5.74, 6) is 1.51. The lowest BCUT2D eigenvalue weighted by atomic mass is 10.0. The van der Waals surface area contributed by atoms with Gasteiger partial charge in [-0.15, -0.1) is 6.42 Å². The first-order chi connectivity index (χ1) is 15.1. The molecule has 0 bridgehead atoms. The molecule has 172 valence electrons. The van der Waals surface area contributed by atoms with E-state index in [1.165, 1.54) is 0 Å². The Morgan fingerprint density at radius 3 is 2.34 bits per heavy atom. The van der Waals surface area contributed by atoms with Gasteiger partial charge in [0.2, 0.25) is 11.8 Å². The van der Waals surface area contributed by atoms with E-state index in [1.54, 1.807) is 45.0 Å². The molecular weight excluding hydrogens is 408 g/mol. The standard InChI is InChI=1S/C24H32N4O4/c1-6-8-9-15-26-22(30)21(19-12-10-18(7-2)11-13-19)28(16-14-25)20(29)17-27-23(31)32-24(3,4)5/h2,10-13,21H,6,8-9,15-17H2,1,3-5H3,(H,26,30)(H,27,31). The van der Waals surface area contributed by atoms with Crippen LogP contribution < -0.4 is 10.6 Å². The molecule has 0 saturated carbocycles. The van der Waals surface area contributed by atoms with Gasteiger partial charge in [0, 0.05) is 12.1 Å². The van der Waals surface area contributed by atoms with Crippen molar-refractivity contribution in [1.82, 2.24) is 15.5 Å². The molecule has 32 heavy (non-hydrogen) atoms. The molecular formula is C24H32N4O4. The Labute approximate surface area is 190 Å². The fraction of sp³-hybridized carbons (Fsp3) is 0.500. The Hall–Kier alpha value is -3.52. The van der Waals surface area contributed by atoms with Gasteiger partial charge in [-0.1, -0.05) is 37.8 Å². The van der Waals surface area contributed by atoms with Crippen molar-refractivity contribution in [3.05, 3.63) is 35.4 Å². The van der Waals surface area contributed by atoms with Crippen molar-refractivity contribution in [3.63, 3.8) is 0 Å². The minimum atomic E-state index is -1.05. The Balaban J connectivity index is 3.09. The van der Waals surface area contributed by atoms with E-state index in [1.807, 2.05) is 6.07 Å². The number of ether oxygens (including phenoxy) is 1. The molecule has 1 aromatic carbocycles. The number of alkyl carbamates (subject to hydrolysis) is 1. The van der Waals surface area contributed by atoms with Gasteiger partial charge in [-0.3, -0.25) is 9.59 Å². The van der Waals surface area contributed by atoms with Crippen molar-refractivity contribution in [2.24, 2.45) is 0 Å². The zero-order valence-electron chi connectivity index (χ0n) is 19.2. The zero-order valence-corrected chi connectivity index (χ0v) is 19.2. The molecule has 1 atom stereocenters. The monoisotopic (exact) mass is 440 g/mol. The third-order valence-corrected chi connectivity index (χ3v) is 4.38. The van der Waals surface area contributed by atoms with E-state index in [0.717, 1.165) is 24.2 Å². The van der Waals surface area contributed by atoms with Gasteiger partial charge < -0.3 is 20.3 Å². The number of hydrogen-bond acceptors (Lipinski definition) is 5. The van der Waals surface area contributed by atoms with Crippen LogP contribution in [-0.2, 0) is 14.3 Å². The molecule has 0 aliphatic heterocycles. The number of carbonyl (C=O) groups excluding carboxylic acids is 3. The highest BCUT2D eigenvalue weighted by Crippen LogP contribution is 2.22. The summed E-state index contributed by atoms with van der Waals surface area (Å²) in [6.45, 7) is 6.87. The van der Waals surface area contributed by atoms with Crippen LogP contribution in [0.4, 0.5) is 4.79 Å². The van der Waals surface area contributed by atoms with Crippen molar-refractivity contribution in [1.29, 1.82) is 5.26 Å². The number of nitrogens with zero attached hydrogens (tertiary/aromatic N) is 2. The Kier molecular flexibility index (Phi) is 10.8. The molecule has 8 heteroatoms. The molecule has 0 aliphatic carbocycles. The van der Waals surface area contributed by atoms with E-state index >= 15 is 0 Å². The van der Waals surface area contributed by atoms with Crippen LogP contribution in [0.1, 0.15) is 64.1 Å². The number of amides is 3. The number of hydrogen-bond donors (Lipinski definition) is 2. The second kappa shape index (κ2) is 13.0. The quantitative estimate of drug-likeness (QED) is 0.330. The number of benzene rings is 1. The van der Waals surface area contributed by atoms with Crippen LogP contribution in [0.2, 0.25) is 0 Å². The average molecular weight is 441 g/mol. The molecule has 0 radical (unpaired) electrons. The van der Waals surface area contributed by atoms with Gasteiger partial charge in [0.1, 0.15) is 24.7 Å². The largest absolute Gasteiger partial charge is 0.444 e. The predicted molar refractivity (Wildman–Crippen MR) is 121 cm³/mol. The van der Waals surface area contributed by atoms with E-state index in [0.29, 0.717) is 17.7 Å². The molecule has 0 spiro atoms. The summed E-state index contributed by atoms with van der Waals surface area (Å²) in [4.78, 5) is 39.0. The van der Waals surface area contributed by atoms with Crippen LogP contribution in [0.3, 0.4) is 0 Å². The number of rotatable bonds is 10. The fourth-order valence-corrected chi connectivity index (χ4v) is 2.88. The highest BCUT2D eigenvalue weighted by molar-refractivity contribution is 5.90. The van der Waals surface area contributed by atoms with Crippen LogP contribution in [0.25, 0.3) is 0 Å². The highest BCUT2D eigenvalue weighted by atomic mass is 16.6. The normalized spacial score (nSPS) is 11.4. The number of carbonyl (C=O) groups is 3. The molecule has 1 rings (SSSR count). The molecule has 0 aromatic heterocycles. The summed E-state index contributed by atoms with van der Waals surface area (Å²) in [6, 6.07) is 7.53. The van der Waals surface area contributed by atoms with Crippen molar-refractivity contribution in [2.75, 3.05) is 19.6 Å². The van der Waals surface area contributed by atoms with Crippen LogP contribution in [0.5, 0.6) is 0 Å². The Morgan fingerprint density at radius 2 is 1.81 bits per heavy atom. The van der Waals surface area contributed by atoms with E-state index in [9.17, 15) is 19.6 Å². The molecule has 3 amide bonds. The zero-order chi connectivity index (χ0) is 24.1. The fourth-order valence-electron chi connectivity index (χ4n) is 2.88. The lowest BCUT2D eigenvalue weighted by Crippen LogP contribution is -2.48. The van der Waals surface area contributed by atoms with Gasteiger partial charge >= 0.3 is 6.09 Å². The van der Waals surface area contributed by atoms with Crippen molar-refractivity contribution in [3.8, 4) is 18.4 Å². The van der Waals surface area contributed by atoms with Crippen LogP contribution in [-0.4, -0.2) is 48.0 Å². The third-order valence-electron chi connectivity index (χ3n) is 4.38. The Morgan fingerprint density at radius 1 is 1.16 bits per heavy atom. The topological polar surface area (TPSA) is 112 Å². The lowest BCUT2D eigenvalue weighted by molar-refractivity contribution is -0.139. The van der Waals surface area contributed by atoms with E-state index in [2.05, 4.69) is 23.5 Å². The van der Waals surface area contributed by atoms with Gasteiger partial charge in [0.05, 0.1) is 6.07 Å². The second-order valence-corrected chi connectivity index (χ2v) is 8.20. The van der Waals surface area contributed by atoms with Crippen molar-refractivity contribution >= 4 is 17.9 Å². The summed E-state index contributed by atoms with van der Waals surface area (Å²) >= 11 is 0. The van der Waals surface area contributed by atoms with Gasteiger partial charge in [-0.2, -0.15) is 5.26 Å². The van der Waals surface area contributed by atoms with Crippen LogP contribution in [0, 0.1) is 23.7 Å². The van der Waals surface area contributed by atoms with E-state index in [-0.39, 0.29) is 6.54 Å². The minimum Gasteiger partial charge on any atom is -0.444 e. The number of nitrogens with one attached hydrogen (secondary N) is 2. The maximum Gasteiger partial charge on any atom is 0.408 e. The summed E-state index contributed by atoms with van der Waals surface area (Å²) < 4.78 is 5.14. The maximum absolute atomic E-state index is 13.0. The second-order valence-electron chi connectivity index (χ2n) is 8.20. The lowest BCUT2D eigenvalue weighted by Gasteiger charge is -2.30. The molecule has 2 N–H and O–H groups in total. The SMILES string of the molecule is C#Cc1ccc(C(C(=O)NCCCCC)N(CC#N)C(=O)CNC(=O)OC(C)(C)C)cc1. The molecule has 0 heterocycles. The first kappa shape index (κ1) is 26.5. The third kappa shape index (κ3) is 9.09. The molecule has 1 unspecified atom stereocenters. The van der Waals surface area contributed by atoms with Crippen molar-refractivity contribution < 1.29 is 19.1 Å². The summed E-state index contributed by atoms with van der Waals surface area (Å²) in [6.07, 6.45) is 7.41. The molecule has 0 saturated heterocycles. The average Bonchev–Trinajstić information content (AvgIpc) is 2.74. The van der Waals surface area contributed by atoms with Gasteiger partial charge in [-0.25, -0.2) is 4.79 Å². The molecule has 0 fully saturated rings. The van der Waals surface area contributed by atoms with E-state index < -0.39 is 36.1 Å².